The Morgan fingerprint density at radius 2 is 1.20 bits per heavy atom. The van der Waals surface area contributed by atoms with Gasteiger partial charge in [-0.15, -0.1) is 0 Å². The summed E-state index contributed by atoms with van der Waals surface area (Å²) in [6.07, 6.45) is 1.89. The topological polar surface area (TPSA) is 12.9 Å². The van der Waals surface area contributed by atoms with Crippen LogP contribution in [0.3, 0.4) is 0 Å². The minimum Gasteiger partial charge on any atom is -0.256 e. The van der Waals surface area contributed by atoms with E-state index in [9.17, 15) is 0 Å². The van der Waals surface area contributed by atoms with Gasteiger partial charge in [-0.3, -0.25) is 4.98 Å². The highest BCUT2D eigenvalue weighted by atomic mass is 14.6. The summed E-state index contributed by atoms with van der Waals surface area (Å²) in [5, 5.41) is 11.5. The fourth-order valence-electron chi connectivity index (χ4n) is 5.03. The minimum absolute atomic E-state index is 1.08. The molecule has 1 heteroatoms. The Kier molecular flexibility index (Phi) is 3.06. The third-order valence-corrected chi connectivity index (χ3v) is 6.41. The first-order valence-electron chi connectivity index (χ1n) is 10.3. The van der Waals surface area contributed by atoms with Crippen molar-refractivity contribution in [2.24, 2.45) is 0 Å². The standard InChI is InChI=1S/C29H17N/c1-2-5-20-16-21(9-7-18(20)4-1)24-12-11-19-8-10-22-17-23-6-3-15-30-29(23)26-14-13-25(24)27(19)28(22)26/h1-17H. The van der Waals surface area contributed by atoms with Crippen molar-refractivity contribution in [3.63, 3.8) is 0 Å². The van der Waals surface area contributed by atoms with E-state index in [1.165, 1.54) is 59.6 Å². The third-order valence-electron chi connectivity index (χ3n) is 6.41. The number of hydrogen-bond donors (Lipinski definition) is 0. The molecule has 0 saturated carbocycles. The van der Waals surface area contributed by atoms with E-state index in [2.05, 4.69) is 91.0 Å². The molecule has 0 aliphatic carbocycles. The van der Waals surface area contributed by atoms with Gasteiger partial charge in [-0.05, 0) is 67.0 Å². The van der Waals surface area contributed by atoms with Crippen molar-refractivity contribution in [1.82, 2.24) is 4.98 Å². The molecule has 0 radical (unpaired) electrons. The van der Waals surface area contributed by atoms with Gasteiger partial charge >= 0.3 is 0 Å². The van der Waals surface area contributed by atoms with Gasteiger partial charge in [0.1, 0.15) is 0 Å². The van der Waals surface area contributed by atoms with Crippen LogP contribution in [0.2, 0.25) is 0 Å². The van der Waals surface area contributed by atoms with E-state index >= 15 is 0 Å². The summed E-state index contributed by atoms with van der Waals surface area (Å²) in [4.78, 5) is 4.70. The zero-order valence-electron chi connectivity index (χ0n) is 16.3. The Morgan fingerprint density at radius 1 is 0.467 bits per heavy atom. The Balaban J connectivity index is 1.63. The van der Waals surface area contributed by atoms with Gasteiger partial charge in [0, 0.05) is 17.0 Å². The van der Waals surface area contributed by atoms with Crippen LogP contribution in [-0.2, 0) is 0 Å². The molecule has 0 N–H and O–H groups in total. The van der Waals surface area contributed by atoms with Crippen molar-refractivity contribution in [2.45, 2.75) is 0 Å². The second-order valence-electron chi connectivity index (χ2n) is 8.05. The van der Waals surface area contributed by atoms with Crippen LogP contribution in [0.25, 0.3) is 65.1 Å². The first kappa shape index (κ1) is 15.9. The Hall–Kier alpha value is -3.97. The van der Waals surface area contributed by atoms with Crippen LogP contribution in [0.5, 0.6) is 0 Å². The predicted molar refractivity (Wildman–Crippen MR) is 128 cm³/mol. The van der Waals surface area contributed by atoms with Gasteiger partial charge in [0.25, 0.3) is 0 Å². The average molecular weight is 379 g/mol. The smallest absolute Gasteiger partial charge is 0.0780 e. The molecule has 0 fully saturated rings. The number of benzene rings is 6. The van der Waals surface area contributed by atoms with Crippen LogP contribution >= 0.6 is 0 Å². The summed E-state index contributed by atoms with van der Waals surface area (Å²) in [7, 11) is 0. The zero-order valence-corrected chi connectivity index (χ0v) is 16.3. The Labute approximate surface area is 173 Å². The van der Waals surface area contributed by atoms with Crippen LogP contribution in [0.15, 0.2) is 103 Å². The molecule has 0 unspecified atom stereocenters. The lowest BCUT2D eigenvalue weighted by Gasteiger charge is -2.15. The number of nitrogens with zero attached hydrogens (tertiary/aromatic N) is 1. The van der Waals surface area contributed by atoms with E-state index in [-0.39, 0.29) is 0 Å². The van der Waals surface area contributed by atoms with Crippen molar-refractivity contribution in [3.8, 4) is 11.1 Å². The van der Waals surface area contributed by atoms with Crippen molar-refractivity contribution >= 4 is 54.0 Å². The van der Waals surface area contributed by atoms with Gasteiger partial charge in [0.15, 0.2) is 0 Å². The molecule has 1 nitrogen and oxygen atoms in total. The number of fused-ring (bicyclic) bond motifs is 3. The summed E-state index contributed by atoms with van der Waals surface area (Å²) in [6, 6.07) is 35.3. The fourth-order valence-corrected chi connectivity index (χ4v) is 5.03. The lowest BCUT2D eigenvalue weighted by atomic mass is 9.88. The monoisotopic (exact) mass is 379 g/mol. The highest BCUT2D eigenvalue weighted by Gasteiger charge is 2.14. The number of hydrogen-bond acceptors (Lipinski definition) is 1. The summed E-state index contributed by atoms with van der Waals surface area (Å²) >= 11 is 0. The highest BCUT2D eigenvalue weighted by Crippen LogP contribution is 2.41. The number of rotatable bonds is 1. The molecule has 0 aliphatic rings. The molecule has 7 rings (SSSR count). The van der Waals surface area contributed by atoms with Crippen LogP contribution < -0.4 is 0 Å². The molecule has 1 aromatic heterocycles. The van der Waals surface area contributed by atoms with Gasteiger partial charge in [-0.1, -0.05) is 78.9 Å². The quantitative estimate of drug-likeness (QED) is 0.208. The molecule has 1 heterocycles. The van der Waals surface area contributed by atoms with Crippen molar-refractivity contribution in [1.29, 1.82) is 0 Å². The molecular weight excluding hydrogens is 362 g/mol. The summed E-state index contributed by atoms with van der Waals surface area (Å²) < 4.78 is 0. The van der Waals surface area contributed by atoms with Gasteiger partial charge in [-0.25, -0.2) is 0 Å². The Bertz CT molecular complexity index is 1740. The number of aromatic nitrogens is 1. The third kappa shape index (κ3) is 2.09. The second-order valence-corrected chi connectivity index (χ2v) is 8.05. The maximum absolute atomic E-state index is 4.70. The maximum Gasteiger partial charge on any atom is 0.0780 e. The summed E-state index contributed by atoms with van der Waals surface area (Å²) in [5.41, 5.74) is 3.62. The average Bonchev–Trinajstić information content (AvgIpc) is 2.81. The molecule has 0 amide bonds. The molecule has 0 spiro atoms. The van der Waals surface area contributed by atoms with E-state index in [0.29, 0.717) is 0 Å². The van der Waals surface area contributed by atoms with Gasteiger partial charge in [0.05, 0.1) is 5.52 Å². The molecule has 0 atom stereocenters. The summed E-state index contributed by atoms with van der Waals surface area (Å²) in [5.74, 6) is 0. The van der Waals surface area contributed by atoms with E-state index < -0.39 is 0 Å². The number of pyridine rings is 1. The molecule has 138 valence electrons. The minimum atomic E-state index is 1.08. The van der Waals surface area contributed by atoms with Gasteiger partial charge < -0.3 is 0 Å². The molecule has 0 saturated heterocycles. The van der Waals surface area contributed by atoms with Gasteiger partial charge in [-0.2, -0.15) is 0 Å². The second kappa shape index (κ2) is 5.77. The van der Waals surface area contributed by atoms with E-state index in [1.54, 1.807) is 0 Å². The van der Waals surface area contributed by atoms with E-state index in [4.69, 9.17) is 4.98 Å². The van der Waals surface area contributed by atoms with E-state index in [1.807, 2.05) is 12.3 Å². The van der Waals surface area contributed by atoms with Crippen LogP contribution in [0, 0.1) is 0 Å². The predicted octanol–water partition coefficient (Wildman–Crippen LogP) is 7.95. The van der Waals surface area contributed by atoms with Crippen molar-refractivity contribution in [2.75, 3.05) is 0 Å². The SMILES string of the molecule is c1ccc2cc(-c3ccc4ccc5cc6cccnc6c6ccc3c4c56)ccc2c1. The first-order chi connectivity index (χ1) is 14.9. The van der Waals surface area contributed by atoms with Crippen molar-refractivity contribution in [3.05, 3.63) is 103 Å². The van der Waals surface area contributed by atoms with Gasteiger partial charge in [0.2, 0.25) is 0 Å². The molecule has 30 heavy (non-hydrogen) atoms. The molecule has 6 aromatic carbocycles. The van der Waals surface area contributed by atoms with Crippen LogP contribution in [0.1, 0.15) is 0 Å². The van der Waals surface area contributed by atoms with Crippen LogP contribution in [-0.4, -0.2) is 4.98 Å². The summed E-state index contributed by atoms with van der Waals surface area (Å²) in [6.45, 7) is 0. The molecule has 7 aromatic rings. The normalized spacial score (nSPS) is 12.0. The van der Waals surface area contributed by atoms with Crippen LogP contribution in [0.4, 0.5) is 0 Å². The fraction of sp³-hybridized carbons (Fsp3) is 0. The van der Waals surface area contributed by atoms with E-state index in [0.717, 1.165) is 5.52 Å². The lowest BCUT2D eigenvalue weighted by Crippen LogP contribution is -1.89. The van der Waals surface area contributed by atoms with Crippen molar-refractivity contribution < 1.29 is 0 Å². The lowest BCUT2D eigenvalue weighted by molar-refractivity contribution is 1.43. The zero-order chi connectivity index (χ0) is 19.7. The Morgan fingerprint density at radius 3 is 2.17 bits per heavy atom. The molecule has 0 bridgehead atoms. The molecule has 0 aliphatic heterocycles. The molecular formula is C29H17N. The first-order valence-corrected chi connectivity index (χ1v) is 10.3. The maximum atomic E-state index is 4.70. The highest BCUT2D eigenvalue weighted by molar-refractivity contribution is 6.30. The largest absolute Gasteiger partial charge is 0.256 e.